The minimum absolute atomic E-state index is 0.140. The predicted octanol–water partition coefficient (Wildman–Crippen LogP) is 6.54. The highest BCUT2D eigenvalue weighted by molar-refractivity contribution is 8.00. The zero-order valence-electron chi connectivity index (χ0n) is 23.8. The molecular weight excluding hydrogens is 544 g/mol. The number of hydrogen-bond donors (Lipinski definition) is 1. The Morgan fingerprint density at radius 3 is 2.57 bits per heavy atom. The quantitative estimate of drug-likeness (QED) is 0.238. The van der Waals surface area contributed by atoms with E-state index in [1.807, 2.05) is 47.1 Å². The third-order valence-electron chi connectivity index (χ3n) is 7.63. The number of carbonyl (C=O) groups is 2. The monoisotopic (exact) mass is 576 g/mol. The van der Waals surface area contributed by atoms with Crippen LogP contribution in [0.1, 0.15) is 38.8 Å². The molecule has 1 N–H and O–H groups in total. The van der Waals surface area contributed by atoms with Gasteiger partial charge in [-0.05, 0) is 55.7 Å². The Kier molecular flexibility index (Phi) is 7.71. The molecule has 3 heterocycles. The number of carbonyl (C=O) groups excluding carboxylic acids is 2. The molecule has 7 nitrogen and oxygen atoms in total. The van der Waals surface area contributed by atoms with E-state index in [4.69, 9.17) is 9.52 Å². The number of aromatic nitrogens is 2. The van der Waals surface area contributed by atoms with Gasteiger partial charge in [0.1, 0.15) is 18.1 Å². The summed E-state index contributed by atoms with van der Waals surface area (Å²) >= 11 is 1.57. The van der Waals surface area contributed by atoms with Gasteiger partial charge in [0, 0.05) is 11.1 Å². The summed E-state index contributed by atoms with van der Waals surface area (Å²) in [4.78, 5) is 28.9. The van der Waals surface area contributed by atoms with Gasteiger partial charge in [0.2, 0.25) is 11.8 Å². The Bertz CT molecular complexity index is 1740. The minimum Gasteiger partial charge on any atom is -0.467 e. The molecule has 1 aliphatic rings. The molecule has 0 radical (unpaired) electrons. The maximum absolute atomic E-state index is 13.9. The first-order chi connectivity index (χ1) is 20.4. The van der Waals surface area contributed by atoms with Crippen LogP contribution >= 0.6 is 11.8 Å². The van der Waals surface area contributed by atoms with Gasteiger partial charge in [-0.25, -0.2) is 4.68 Å². The normalized spacial score (nSPS) is 14.9. The molecule has 5 aromatic rings. The van der Waals surface area contributed by atoms with Crippen molar-refractivity contribution in [3.8, 4) is 16.9 Å². The summed E-state index contributed by atoms with van der Waals surface area (Å²) in [7, 11) is 0. The lowest BCUT2D eigenvalue weighted by Gasteiger charge is -2.24. The molecule has 2 aromatic heterocycles. The smallest absolute Gasteiger partial charge is 0.240 e. The molecule has 2 amide bonds. The lowest BCUT2D eigenvalue weighted by atomic mass is 9.98. The fraction of sp³-hybridized carbons (Fsp3) is 0.206. The van der Waals surface area contributed by atoms with Crippen LogP contribution in [-0.2, 0) is 16.1 Å². The largest absolute Gasteiger partial charge is 0.467 e. The van der Waals surface area contributed by atoms with E-state index < -0.39 is 0 Å². The number of rotatable bonds is 7. The number of furan rings is 1. The van der Waals surface area contributed by atoms with Crippen molar-refractivity contribution in [2.24, 2.45) is 0 Å². The molecule has 0 bridgehead atoms. The van der Waals surface area contributed by atoms with E-state index in [2.05, 4.69) is 56.4 Å². The number of nitrogens with zero attached hydrogens (tertiary/aromatic N) is 3. The molecular formula is C34H32N4O3S. The van der Waals surface area contributed by atoms with Crippen LogP contribution in [0.25, 0.3) is 16.9 Å². The summed E-state index contributed by atoms with van der Waals surface area (Å²) in [5.41, 5.74) is 7.94. The highest BCUT2D eigenvalue weighted by atomic mass is 32.2. The fourth-order valence-electron chi connectivity index (χ4n) is 5.36. The number of thioether (sulfide) groups is 1. The van der Waals surface area contributed by atoms with E-state index in [-0.39, 0.29) is 35.9 Å². The molecule has 0 aliphatic carbocycles. The van der Waals surface area contributed by atoms with Crippen LogP contribution < -0.4 is 10.2 Å². The van der Waals surface area contributed by atoms with Crippen molar-refractivity contribution in [2.45, 2.75) is 32.6 Å². The number of aryl methyl sites for hydroxylation is 2. The van der Waals surface area contributed by atoms with E-state index in [9.17, 15) is 9.59 Å². The summed E-state index contributed by atoms with van der Waals surface area (Å²) in [6.45, 7) is 6.30. The van der Waals surface area contributed by atoms with E-state index in [1.54, 1.807) is 35.1 Å². The van der Waals surface area contributed by atoms with Gasteiger partial charge in [-0.1, -0.05) is 72.3 Å². The van der Waals surface area contributed by atoms with Gasteiger partial charge < -0.3 is 9.73 Å². The van der Waals surface area contributed by atoms with Gasteiger partial charge in [0.25, 0.3) is 0 Å². The van der Waals surface area contributed by atoms with Crippen LogP contribution in [-0.4, -0.2) is 33.9 Å². The van der Waals surface area contributed by atoms with E-state index in [0.29, 0.717) is 11.6 Å². The summed E-state index contributed by atoms with van der Waals surface area (Å²) in [6, 6.07) is 28.1. The molecule has 1 atom stereocenters. The van der Waals surface area contributed by atoms with Crippen LogP contribution in [0.4, 0.5) is 5.82 Å². The number of hydrogen-bond acceptors (Lipinski definition) is 5. The van der Waals surface area contributed by atoms with Gasteiger partial charge in [-0.3, -0.25) is 14.5 Å². The maximum atomic E-state index is 13.9. The second-order valence-electron chi connectivity index (χ2n) is 10.5. The van der Waals surface area contributed by atoms with E-state index in [1.165, 1.54) is 0 Å². The molecule has 6 rings (SSSR count). The second kappa shape index (κ2) is 11.7. The Balaban J connectivity index is 1.57. The van der Waals surface area contributed by atoms with Crippen molar-refractivity contribution in [2.75, 3.05) is 17.2 Å². The first-order valence-electron chi connectivity index (χ1n) is 13.9. The zero-order chi connectivity index (χ0) is 29.2. The average molecular weight is 577 g/mol. The summed E-state index contributed by atoms with van der Waals surface area (Å²) < 4.78 is 7.25. The third-order valence-corrected chi connectivity index (χ3v) is 8.88. The maximum Gasteiger partial charge on any atom is 0.240 e. The van der Waals surface area contributed by atoms with Crippen molar-refractivity contribution in [1.29, 1.82) is 0 Å². The average Bonchev–Trinajstić information content (AvgIpc) is 3.63. The van der Waals surface area contributed by atoms with Crippen LogP contribution in [0.5, 0.6) is 0 Å². The molecule has 0 spiro atoms. The third kappa shape index (κ3) is 5.37. The fourth-order valence-corrected chi connectivity index (χ4v) is 6.54. The SMILES string of the molecule is Cc1cccc([C@H]2SCC(=O)N(CC(=O)NCc3ccco3)c3c2c(-c2ccccc2)nn3-c2cccc(C)c2C)c1. The van der Waals surface area contributed by atoms with Crippen molar-refractivity contribution < 1.29 is 14.0 Å². The van der Waals surface area contributed by atoms with Crippen molar-refractivity contribution in [3.05, 3.63) is 125 Å². The lowest BCUT2D eigenvalue weighted by molar-refractivity contribution is -0.123. The van der Waals surface area contributed by atoms with Crippen molar-refractivity contribution >= 4 is 29.4 Å². The second-order valence-corrected chi connectivity index (χ2v) is 11.6. The molecule has 212 valence electrons. The number of anilines is 1. The first-order valence-corrected chi connectivity index (χ1v) is 15.0. The van der Waals surface area contributed by atoms with E-state index >= 15 is 0 Å². The molecule has 0 fully saturated rings. The molecule has 3 aromatic carbocycles. The number of nitrogens with one attached hydrogen (secondary N) is 1. The predicted molar refractivity (Wildman–Crippen MR) is 167 cm³/mol. The standard InChI is InChI=1S/C34H32N4O3S/c1-22-10-7-14-26(18-22)33-31-32(25-12-5-4-6-13-25)36-38(28-16-8-11-23(2)24(28)3)34(31)37(30(40)21-42-33)20-29(39)35-19-27-15-9-17-41-27/h4-18,33H,19-21H2,1-3H3,(H,35,39)/t33-/m1/s1. The number of benzene rings is 3. The zero-order valence-corrected chi connectivity index (χ0v) is 24.7. The Morgan fingerprint density at radius 1 is 1.00 bits per heavy atom. The topological polar surface area (TPSA) is 80.4 Å². The molecule has 0 saturated carbocycles. The molecule has 0 unspecified atom stereocenters. The van der Waals surface area contributed by atoms with Gasteiger partial charge in [-0.2, -0.15) is 5.10 Å². The van der Waals surface area contributed by atoms with E-state index in [0.717, 1.165) is 44.8 Å². The summed E-state index contributed by atoms with van der Waals surface area (Å²) in [5, 5.41) is 7.95. The molecule has 8 heteroatoms. The van der Waals surface area contributed by atoms with Gasteiger partial charge in [-0.15, -0.1) is 11.8 Å². The lowest BCUT2D eigenvalue weighted by Crippen LogP contribution is -2.42. The Hall–Kier alpha value is -4.56. The first kappa shape index (κ1) is 27.6. The highest BCUT2D eigenvalue weighted by Gasteiger charge is 2.38. The minimum atomic E-state index is -0.278. The van der Waals surface area contributed by atoms with Crippen molar-refractivity contribution in [3.63, 3.8) is 0 Å². The number of amides is 2. The summed E-state index contributed by atoms with van der Waals surface area (Å²) in [6.07, 6.45) is 1.57. The van der Waals surface area contributed by atoms with Gasteiger partial charge in [0.05, 0.1) is 35.2 Å². The highest BCUT2D eigenvalue weighted by Crippen LogP contribution is 2.48. The molecule has 1 aliphatic heterocycles. The molecule has 0 saturated heterocycles. The van der Waals surface area contributed by atoms with Crippen LogP contribution in [0, 0.1) is 20.8 Å². The Morgan fingerprint density at radius 2 is 1.81 bits per heavy atom. The Labute approximate surface area is 249 Å². The summed E-state index contributed by atoms with van der Waals surface area (Å²) in [5.74, 6) is 1.07. The molecule has 42 heavy (non-hydrogen) atoms. The van der Waals surface area contributed by atoms with Gasteiger partial charge in [0.15, 0.2) is 0 Å². The number of fused-ring (bicyclic) bond motifs is 1. The van der Waals surface area contributed by atoms with Crippen LogP contribution in [0.2, 0.25) is 0 Å². The van der Waals surface area contributed by atoms with Gasteiger partial charge >= 0.3 is 0 Å². The van der Waals surface area contributed by atoms with Crippen LogP contribution in [0.3, 0.4) is 0 Å². The van der Waals surface area contributed by atoms with Crippen LogP contribution in [0.15, 0.2) is 95.6 Å². The van der Waals surface area contributed by atoms with Crippen molar-refractivity contribution in [1.82, 2.24) is 15.1 Å².